The molecule has 0 aliphatic heterocycles. The third-order valence-corrected chi connectivity index (χ3v) is 7.45. The Morgan fingerprint density at radius 2 is 1.12 bits per heavy atom. The highest BCUT2D eigenvalue weighted by Gasteiger charge is 2.13. The number of methoxy groups -OCH3 is 1. The van der Waals surface area contributed by atoms with Gasteiger partial charge < -0.3 is 18.9 Å². The molecule has 0 radical (unpaired) electrons. The third kappa shape index (κ3) is 9.62. The van der Waals surface area contributed by atoms with Crippen LogP contribution >= 0.6 is 90.4 Å². The van der Waals surface area contributed by atoms with Crippen molar-refractivity contribution in [1.82, 2.24) is 0 Å². The number of carbonyl (C=O) groups is 3. The summed E-state index contributed by atoms with van der Waals surface area (Å²) in [6, 6.07) is 7.65. The molecule has 0 amide bonds. The fourth-order valence-corrected chi connectivity index (χ4v) is 7.20. The van der Waals surface area contributed by atoms with Crippen LogP contribution in [0.3, 0.4) is 0 Å². The van der Waals surface area contributed by atoms with Crippen LogP contribution in [0, 0.1) is 14.3 Å². The Labute approximate surface area is 246 Å². The van der Waals surface area contributed by atoms with E-state index >= 15 is 0 Å². The summed E-state index contributed by atoms with van der Waals surface area (Å²) >= 11 is 8.57. The number of rotatable bonds is 10. The Hall–Kier alpha value is -0.430. The summed E-state index contributed by atoms with van der Waals surface area (Å²) in [4.78, 5) is 35.2. The summed E-state index contributed by atoms with van der Waals surface area (Å²) in [5, 5.41) is 0. The summed E-state index contributed by atoms with van der Waals surface area (Å²) in [5.74, 6) is 0.0513. The van der Waals surface area contributed by atoms with E-state index in [0.717, 1.165) is 31.2 Å². The van der Waals surface area contributed by atoms with Crippen molar-refractivity contribution in [3.05, 3.63) is 49.7 Å². The van der Waals surface area contributed by atoms with E-state index in [4.69, 9.17) is 18.9 Å². The zero-order valence-corrected chi connectivity index (χ0v) is 26.3. The van der Waals surface area contributed by atoms with Gasteiger partial charge in [-0.3, -0.25) is 14.4 Å². The van der Waals surface area contributed by atoms with Crippen molar-refractivity contribution in [2.24, 2.45) is 0 Å². The molecule has 2 aromatic carbocycles. The molecule has 7 nitrogen and oxygen atoms in total. The van der Waals surface area contributed by atoms with E-state index < -0.39 is 18.7 Å². The number of benzene rings is 2. The number of aryl methyl sites for hydroxylation is 2. The molecule has 0 unspecified atom stereocenters. The number of esters is 3. The first-order valence-electron chi connectivity index (χ1n) is 9.60. The average molecular weight is 904 g/mol. The molecule has 0 saturated carbocycles. The van der Waals surface area contributed by atoms with Crippen molar-refractivity contribution in [3.8, 4) is 11.5 Å². The molecule has 0 saturated heterocycles. The molecule has 178 valence electrons. The maximum atomic E-state index is 12.0. The second-order valence-corrected chi connectivity index (χ2v) is 11.4. The minimum Gasteiger partial charge on any atom is -0.495 e. The number of hydrogen-bond acceptors (Lipinski definition) is 7. The van der Waals surface area contributed by atoms with Gasteiger partial charge in [-0.05, 0) is 139 Å². The van der Waals surface area contributed by atoms with Crippen molar-refractivity contribution >= 4 is 108 Å². The maximum absolute atomic E-state index is 12.0. The minimum absolute atomic E-state index is 0.138. The van der Waals surface area contributed by atoms with Crippen LogP contribution in [-0.4, -0.2) is 31.8 Å². The van der Waals surface area contributed by atoms with Gasteiger partial charge in [0, 0.05) is 19.8 Å². The lowest BCUT2D eigenvalue weighted by Crippen LogP contribution is -2.14. The maximum Gasteiger partial charge on any atom is 0.308 e. The lowest BCUT2D eigenvalue weighted by atomic mass is 10.1. The van der Waals surface area contributed by atoms with Crippen LogP contribution < -0.4 is 9.47 Å². The molecule has 0 aliphatic carbocycles. The third-order valence-electron chi connectivity index (χ3n) is 4.24. The van der Waals surface area contributed by atoms with Crippen LogP contribution in [0.4, 0.5) is 0 Å². The number of hydrogen-bond donors (Lipinski definition) is 0. The zero-order chi connectivity index (χ0) is 24.5. The average Bonchev–Trinajstić information content (AvgIpc) is 2.73. The topological polar surface area (TPSA) is 88.1 Å². The Balaban J connectivity index is 1.74. The van der Waals surface area contributed by atoms with Gasteiger partial charge in [0.15, 0.2) is 5.75 Å². The predicted molar refractivity (Wildman–Crippen MR) is 155 cm³/mol. The smallest absolute Gasteiger partial charge is 0.308 e. The molecule has 0 heterocycles. The van der Waals surface area contributed by atoms with Crippen LogP contribution in [0.2, 0.25) is 0 Å². The summed E-state index contributed by atoms with van der Waals surface area (Å²) < 4.78 is 24.1. The fraction of sp³-hybridized carbons (Fsp3) is 0.318. The lowest BCUT2D eigenvalue weighted by Gasteiger charge is -2.10. The zero-order valence-electron chi connectivity index (χ0n) is 17.7. The van der Waals surface area contributed by atoms with Gasteiger partial charge in [0.1, 0.15) is 5.75 Å². The highest BCUT2D eigenvalue weighted by molar-refractivity contribution is 14.1. The van der Waals surface area contributed by atoms with E-state index in [2.05, 4.69) is 90.4 Å². The highest BCUT2D eigenvalue weighted by Crippen LogP contribution is 2.30. The van der Waals surface area contributed by atoms with Gasteiger partial charge in [-0.1, -0.05) is 0 Å². The largest absolute Gasteiger partial charge is 0.495 e. The molecule has 0 aromatic heterocycles. The van der Waals surface area contributed by atoms with Gasteiger partial charge in [0.05, 0.1) is 21.4 Å². The van der Waals surface area contributed by atoms with E-state index in [1.807, 2.05) is 24.3 Å². The first-order valence-corrected chi connectivity index (χ1v) is 13.9. The summed E-state index contributed by atoms with van der Waals surface area (Å²) in [6.45, 7) is 0.943. The van der Waals surface area contributed by atoms with E-state index in [0.29, 0.717) is 18.6 Å². The number of carbonyl (C=O) groups excluding carboxylic acids is 3. The van der Waals surface area contributed by atoms with Gasteiger partial charge >= 0.3 is 17.9 Å². The second kappa shape index (κ2) is 14.2. The van der Waals surface area contributed by atoms with Crippen LogP contribution in [-0.2, 0) is 36.7 Å². The van der Waals surface area contributed by atoms with Crippen LogP contribution in [0.25, 0.3) is 0 Å². The molecule has 0 atom stereocenters. The first kappa shape index (κ1) is 28.8. The highest BCUT2D eigenvalue weighted by atomic mass is 127. The standard InChI is InChI=1S/C22H20I4O7/c1-12(27)33-22-17(25)9-14(10-18(22)26)4-6-20(29)32-11-31-19(28)5-3-13-7-15(23)21(30-2)16(24)8-13/h7-10H,3-6,11H2,1-2H3. The molecule has 2 rings (SSSR count). The van der Waals surface area contributed by atoms with Crippen LogP contribution in [0.5, 0.6) is 11.5 Å². The van der Waals surface area contributed by atoms with Gasteiger partial charge in [0.25, 0.3) is 0 Å². The Bertz CT molecular complexity index is 993. The molecule has 0 bridgehead atoms. The van der Waals surface area contributed by atoms with Crippen molar-refractivity contribution in [1.29, 1.82) is 0 Å². The summed E-state index contributed by atoms with van der Waals surface area (Å²) in [6.07, 6.45) is 1.29. The summed E-state index contributed by atoms with van der Waals surface area (Å²) in [7, 11) is 1.63. The molecule has 33 heavy (non-hydrogen) atoms. The Morgan fingerprint density at radius 3 is 1.48 bits per heavy atom. The van der Waals surface area contributed by atoms with Crippen molar-refractivity contribution in [3.63, 3.8) is 0 Å². The molecular formula is C22H20I4O7. The second-order valence-electron chi connectivity index (χ2n) is 6.73. The van der Waals surface area contributed by atoms with Crippen LogP contribution in [0.15, 0.2) is 24.3 Å². The van der Waals surface area contributed by atoms with Gasteiger partial charge in [-0.2, -0.15) is 0 Å². The van der Waals surface area contributed by atoms with Gasteiger partial charge in [-0.15, -0.1) is 0 Å². The van der Waals surface area contributed by atoms with Crippen molar-refractivity contribution < 1.29 is 33.3 Å². The monoisotopic (exact) mass is 904 g/mol. The Kier molecular flexibility index (Phi) is 12.4. The number of halogens is 4. The van der Waals surface area contributed by atoms with Crippen molar-refractivity contribution in [2.75, 3.05) is 13.9 Å². The molecule has 0 N–H and O–H groups in total. The van der Waals surface area contributed by atoms with Crippen LogP contribution in [0.1, 0.15) is 30.9 Å². The van der Waals surface area contributed by atoms with E-state index in [1.54, 1.807) is 7.11 Å². The number of ether oxygens (including phenoxy) is 4. The van der Waals surface area contributed by atoms with E-state index in [1.165, 1.54) is 6.92 Å². The van der Waals surface area contributed by atoms with Crippen molar-refractivity contribution in [2.45, 2.75) is 32.6 Å². The molecular weight excluding hydrogens is 884 g/mol. The normalized spacial score (nSPS) is 10.5. The first-order chi connectivity index (χ1) is 15.6. The molecule has 11 heteroatoms. The summed E-state index contributed by atoms with van der Waals surface area (Å²) in [5.41, 5.74) is 1.92. The quantitative estimate of drug-likeness (QED) is 0.132. The minimum atomic E-state index is -0.462. The van der Waals surface area contributed by atoms with Gasteiger partial charge in [-0.25, -0.2) is 0 Å². The predicted octanol–water partition coefficient (Wildman–Crippen LogP) is 5.65. The SMILES string of the molecule is COc1c(I)cc(CCC(=O)OCOC(=O)CCc2cc(I)c(OC(C)=O)c(I)c2)cc1I. The lowest BCUT2D eigenvalue weighted by molar-refractivity contribution is -0.167. The fourth-order valence-electron chi connectivity index (χ4n) is 2.75. The molecule has 0 aliphatic rings. The molecule has 0 fully saturated rings. The van der Waals surface area contributed by atoms with Gasteiger partial charge in [0.2, 0.25) is 6.79 Å². The molecule has 2 aromatic rings. The van der Waals surface area contributed by atoms with E-state index in [9.17, 15) is 14.4 Å². The Morgan fingerprint density at radius 1 is 0.727 bits per heavy atom. The van der Waals surface area contributed by atoms with E-state index in [-0.39, 0.29) is 18.8 Å². The molecule has 0 spiro atoms.